The van der Waals surface area contributed by atoms with Crippen molar-refractivity contribution in [3.8, 4) is 45.5 Å². The lowest BCUT2D eigenvalue weighted by Crippen LogP contribution is -2.10. The molecule has 0 aliphatic heterocycles. The van der Waals surface area contributed by atoms with Gasteiger partial charge in [0.2, 0.25) is 11.9 Å². The predicted molar refractivity (Wildman–Crippen MR) is 232 cm³/mol. The lowest BCUT2D eigenvalue weighted by molar-refractivity contribution is 0.669. The van der Waals surface area contributed by atoms with E-state index in [4.69, 9.17) is 35.8 Å². The number of nitrogens with zero attached hydrogens (tertiary/aromatic N) is 5. The summed E-state index contributed by atoms with van der Waals surface area (Å²) in [5.41, 5.74) is 3.93. The molecule has 12 aromatic rings. The molecule has 0 amide bonds. The smallest absolute Gasteiger partial charge is 0.240 e. The van der Waals surface area contributed by atoms with E-state index in [0.29, 0.717) is 11.1 Å². The first-order valence-electron chi connectivity index (χ1n) is 25.8. The van der Waals surface area contributed by atoms with Crippen molar-refractivity contribution in [2.45, 2.75) is 0 Å². The summed E-state index contributed by atoms with van der Waals surface area (Å²) in [6, 6.07) is 18.2. The maximum atomic E-state index is 9.19. The normalized spacial score (nSPS) is 15.8. The first-order chi connectivity index (χ1) is 34.9. The highest BCUT2D eigenvalue weighted by Crippen LogP contribution is 2.36. The van der Waals surface area contributed by atoms with Gasteiger partial charge in [-0.1, -0.05) is 139 Å². The van der Waals surface area contributed by atoms with Gasteiger partial charge < -0.3 is 4.42 Å². The van der Waals surface area contributed by atoms with Crippen LogP contribution in [0.1, 0.15) is 21.9 Å². The third kappa shape index (κ3) is 4.94. The summed E-state index contributed by atoms with van der Waals surface area (Å²) in [6.07, 6.45) is 0. The number of furan rings is 1. The van der Waals surface area contributed by atoms with Crippen LogP contribution in [0.5, 0.6) is 0 Å². The molecule has 0 aliphatic rings. The molecular formula is C51H31N5O. The summed E-state index contributed by atoms with van der Waals surface area (Å²) in [7, 11) is 0. The van der Waals surface area contributed by atoms with Crippen molar-refractivity contribution in [1.82, 2.24) is 24.1 Å². The van der Waals surface area contributed by atoms with E-state index in [0.717, 1.165) is 47.8 Å². The van der Waals surface area contributed by atoms with Gasteiger partial charge in [-0.25, -0.2) is 0 Å². The number of hydrogen-bond donors (Lipinski definition) is 0. The number of aromatic nitrogens is 5. The van der Waals surface area contributed by atoms with Crippen molar-refractivity contribution >= 4 is 65.6 Å². The molecule has 0 bridgehead atoms. The van der Waals surface area contributed by atoms with Crippen molar-refractivity contribution in [2.24, 2.45) is 0 Å². The van der Waals surface area contributed by atoms with Crippen LogP contribution in [0.2, 0.25) is 0 Å². The highest BCUT2D eigenvalue weighted by molar-refractivity contribution is 6.10. The molecule has 0 unspecified atom stereocenters. The number of benzene rings is 8. The van der Waals surface area contributed by atoms with Gasteiger partial charge in [0.1, 0.15) is 11.2 Å². The molecule has 6 heteroatoms. The minimum absolute atomic E-state index is 0.146. The van der Waals surface area contributed by atoms with Gasteiger partial charge in [0.15, 0.2) is 5.82 Å². The lowest BCUT2D eigenvalue weighted by atomic mass is 9.98. The van der Waals surface area contributed by atoms with E-state index in [1.165, 1.54) is 0 Å². The second-order valence-electron chi connectivity index (χ2n) is 13.3. The van der Waals surface area contributed by atoms with Crippen LogP contribution in [0.15, 0.2) is 192 Å². The summed E-state index contributed by atoms with van der Waals surface area (Å²) in [5.74, 6) is -1.08. The quantitative estimate of drug-likeness (QED) is 0.176. The van der Waals surface area contributed by atoms with E-state index in [2.05, 4.69) is 6.07 Å². The fourth-order valence-corrected chi connectivity index (χ4v) is 7.52. The van der Waals surface area contributed by atoms with E-state index in [1.54, 1.807) is 18.2 Å². The Labute approximate surface area is 349 Å². The topological polar surface area (TPSA) is 61.7 Å². The molecule has 12 rings (SSSR count). The molecule has 0 spiro atoms. The second kappa shape index (κ2) is 12.3. The zero-order chi connectivity index (χ0) is 51.4. The van der Waals surface area contributed by atoms with Crippen LogP contribution in [-0.4, -0.2) is 24.1 Å². The second-order valence-corrected chi connectivity index (χ2v) is 13.3. The number of rotatable bonds is 5. The maximum Gasteiger partial charge on any atom is 0.240 e. The van der Waals surface area contributed by atoms with Gasteiger partial charge >= 0.3 is 0 Å². The molecule has 0 saturated heterocycles. The monoisotopic (exact) mass is 745 g/mol. The molecule has 0 N–H and O–H groups in total. The molecule has 8 aromatic carbocycles. The summed E-state index contributed by atoms with van der Waals surface area (Å²) in [6.45, 7) is 0. The van der Waals surface area contributed by atoms with Crippen LogP contribution in [0, 0.1) is 0 Å². The molecule has 0 atom stereocenters. The Morgan fingerprint density at radius 1 is 0.368 bits per heavy atom. The van der Waals surface area contributed by atoms with Crippen molar-refractivity contribution in [3.63, 3.8) is 0 Å². The molecule has 4 aromatic heterocycles. The molecule has 0 fully saturated rings. The fourth-order valence-electron chi connectivity index (χ4n) is 7.52. The predicted octanol–water partition coefficient (Wildman–Crippen LogP) is 13.0. The molecule has 0 aliphatic carbocycles. The first kappa shape index (κ1) is 19.7. The van der Waals surface area contributed by atoms with Crippen molar-refractivity contribution in [2.75, 3.05) is 0 Å². The van der Waals surface area contributed by atoms with Crippen LogP contribution in [0.3, 0.4) is 0 Å². The van der Waals surface area contributed by atoms with Crippen LogP contribution in [0.25, 0.3) is 111 Å². The van der Waals surface area contributed by atoms with Gasteiger partial charge in [-0.05, 0) is 70.7 Å². The van der Waals surface area contributed by atoms with Crippen LogP contribution >= 0.6 is 0 Å². The summed E-state index contributed by atoms with van der Waals surface area (Å²) in [4.78, 5) is 14.5. The Balaban J connectivity index is 1.15. The Bertz CT molecular complexity index is 4140. The van der Waals surface area contributed by atoms with Gasteiger partial charge in [0.25, 0.3) is 0 Å². The summed E-state index contributed by atoms with van der Waals surface area (Å²) >= 11 is 0. The maximum absolute atomic E-state index is 9.19. The van der Waals surface area contributed by atoms with Gasteiger partial charge in [0, 0.05) is 37.9 Å². The highest BCUT2D eigenvalue weighted by atomic mass is 16.3. The Morgan fingerprint density at radius 3 is 1.39 bits per heavy atom. The molecule has 266 valence electrons. The van der Waals surface area contributed by atoms with E-state index in [-0.39, 0.29) is 49.4 Å². The average molecular weight is 746 g/mol. The molecular weight excluding hydrogens is 699 g/mol. The van der Waals surface area contributed by atoms with Gasteiger partial charge in [-0.15, -0.1) is 0 Å². The SMILES string of the molecule is [2H]c1c([2H])c([2H])c2c(c1[2H])c1c([2H])c([2H])c([2H])c([2H])c1n2-c1nc(-c2cccc(-c3ccc(-c4ccc5oc6ccccc6c5c4)cc3)c2)nc(-n2c3c([2H])c([2H])c([2H])c([2H])c3c3c([2H])c([2H])c([2H])c([2H])c32)n1. The third-order valence-electron chi connectivity index (χ3n) is 10.1. The summed E-state index contributed by atoms with van der Waals surface area (Å²) < 4.78 is 150. The number of fused-ring (bicyclic) bond motifs is 9. The minimum Gasteiger partial charge on any atom is -0.456 e. The molecule has 0 saturated carbocycles. The molecule has 6 nitrogen and oxygen atoms in total. The fraction of sp³-hybridized carbons (Fsp3) is 0. The lowest BCUT2D eigenvalue weighted by Gasteiger charge is -2.13. The first-order valence-corrected chi connectivity index (χ1v) is 17.8. The van der Waals surface area contributed by atoms with Crippen LogP contribution in [-0.2, 0) is 0 Å². The van der Waals surface area contributed by atoms with Crippen molar-refractivity contribution < 1.29 is 26.3 Å². The van der Waals surface area contributed by atoms with Gasteiger partial charge in [-0.2, -0.15) is 15.0 Å². The van der Waals surface area contributed by atoms with E-state index < -0.39 is 109 Å². The molecule has 4 heterocycles. The van der Waals surface area contributed by atoms with E-state index in [1.807, 2.05) is 66.7 Å². The Hall–Kier alpha value is -7.83. The van der Waals surface area contributed by atoms with Gasteiger partial charge in [0.05, 0.1) is 44.0 Å². The Morgan fingerprint density at radius 2 is 0.825 bits per heavy atom. The highest BCUT2D eigenvalue weighted by Gasteiger charge is 2.20. The summed E-state index contributed by atoms with van der Waals surface area (Å²) in [5, 5.41) is 0.918. The zero-order valence-electron chi connectivity index (χ0n) is 45.3. The molecule has 0 radical (unpaired) electrons. The van der Waals surface area contributed by atoms with Crippen molar-refractivity contribution in [1.29, 1.82) is 0 Å². The zero-order valence-corrected chi connectivity index (χ0v) is 29.3. The van der Waals surface area contributed by atoms with Crippen LogP contribution < -0.4 is 0 Å². The minimum atomic E-state index is -0.699. The third-order valence-corrected chi connectivity index (χ3v) is 10.1. The van der Waals surface area contributed by atoms with Crippen molar-refractivity contribution in [3.05, 3.63) is 188 Å². The Kier molecular flexibility index (Phi) is 4.26. The average Bonchev–Trinajstić information content (AvgIpc) is 4.09. The largest absolute Gasteiger partial charge is 0.456 e. The van der Waals surface area contributed by atoms with Gasteiger partial charge in [-0.3, -0.25) is 9.13 Å². The van der Waals surface area contributed by atoms with E-state index in [9.17, 15) is 5.48 Å². The van der Waals surface area contributed by atoms with E-state index >= 15 is 0 Å². The standard InChI is InChI=1S/C51H31N5O/c1-6-19-43-37(14-1)38-15-2-7-20-44(38)55(43)50-52-49(53-51(54-50)56-45-21-8-3-16-39(45)40-17-4-9-22-46(40)56)36-13-11-12-34(30-36)32-24-26-33(27-25-32)35-28-29-48-42(31-35)41-18-5-10-23-47(41)57-48/h1-31H/i1D,2D,3D,4D,6D,7D,8D,9D,14D,15D,16D,17D,19D,20D,21D,22D. The number of hydrogen-bond acceptors (Lipinski definition) is 4. The number of para-hydroxylation sites is 5. The molecule has 57 heavy (non-hydrogen) atoms. The van der Waals surface area contributed by atoms with Crippen LogP contribution in [0.4, 0.5) is 0 Å².